The van der Waals surface area contributed by atoms with Crippen LogP contribution in [0.3, 0.4) is 0 Å². The lowest BCUT2D eigenvalue weighted by atomic mass is 9.42. The highest BCUT2D eigenvalue weighted by Gasteiger charge is 2.85. The molecule has 0 bridgehead atoms. The van der Waals surface area contributed by atoms with Crippen LogP contribution in [0.2, 0.25) is 0 Å². The molecule has 3 N–H and O–H groups in total. The van der Waals surface area contributed by atoms with E-state index in [1.54, 1.807) is 6.92 Å². The van der Waals surface area contributed by atoms with Gasteiger partial charge in [-0.15, -0.1) is 0 Å². The van der Waals surface area contributed by atoms with Gasteiger partial charge in [-0.05, 0) is 80.8 Å². The summed E-state index contributed by atoms with van der Waals surface area (Å²) in [6.07, 6.45) is 1.40. The Morgan fingerprint density at radius 1 is 1.00 bits per heavy atom. The van der Waals surface area contributed by atoms with Gasteiger partial charge in [0.15, 0.2) is 5.78 Å². The van der Waals surface area contributed by atoms with Crippen molar-refractivity contribution in [3.8, 4) is 0 Å². The first kappa shape index (κ1) is 29.8. The van der Waals surface area contributed by atoms with Gasteiger partial charge in [-0.3, -0.25) is 4.79 Å². The second-order valence-electron chi connectivity index (χ2n) is 15.3. The lowest BCUT2D eigenvalue weighted by Gasteiger charge is -2.63. The summed E-state index contributed by atoms with van der Waals surface area (Å²) in [5.74, 6) is -8.19. The number of esters is 3. The van der Waals surface area contributed by atoms with Crippen LogP contribution in [0.1, 0.15) is 60.3 Å². The molecule has 11 nitrogen and oxygen atoms in total. The Bertz CT molecular complexity index is 1740. The summed E-state index contributed by atoms with van der Waals surface area (Å²) in [6.45, 7) is 8.49. The van der Waals surface area contributed by atoms with Crippen molar-refractivity contribution in [2.24, 2.45) is 52.3 Å². The first-order chi connectivity index (χ1) is 21.5. The number of methoxy groups -OCH3 is 1. The molecule has 11 heteroatoms. The number of aliphatic carboxylic acids is 1. The van der Waals surface area contributed by atoms with Crippen molar-refractivity contribution >= 4 is 29.7 Å². The van der Waals surface area contributed by atoms with Crippen LogP contribution in [0.15, 0.2) is 45.1 Å². The lowest BCUT2D eigenvalue weighted by molar-refractivity contribution is -0.255. The number of allylic oxidation sites excluding steroid dienone is 1. The van der Waals surface area contributed by atoms with E-state index >= 15 is 0 Å². The molecule has 0 aromatic rings. The fraction of sp³-hybridized carbons (Fsp3) is 0.629. The summed E-state index contributed by atoms with van der Waals surface area (Å²) in [5.41, 5.74) is 0.0265. The Balaban J connectivity index is 1.35. The van der Waals surface area contributed by atoms with E-state index in [2.05, 4.69) is 6.92 Å². The van der Waals surface area contributed by atoms with Crippen molar-refractivity contribution in [3.63, 3.8) is 0 Å². The Labute approximate surface area is 265 Å². The third-order valence-electron chi connectivity index (χ3n) is 13.8. The van der Waals surface area contributed by atoms with E-state index in [0.29, 0.717) is 24.0 Å². The van der Waals surface area contributed by atoms with Crippen LogP contribution in [-0.4, -0.2) is 69.6 Å². The smallest absolute Gasteiger partial charge is 0.336 e. The van der Waals surface area contributed by atoms with Crippen molar-refractivity contribution in [1.29, 1.82) is 0 Å². The normalized spacial score (nSPS) is 48.4. The van der Waals surface area contributed by atoms with Crippen LogP contribution in [0.5, 0.6) is 0 Å². The molecular formula is C35H38O11. The first-order valence-electron chi connectivity index (χ1n) is 16.1. The van der Waals surface area contributed by atoms with Crippen molar-refractivity contribution in [2.75, 3.05) is 7.11 Å². The quantitative estimate of drug-likeness (QED) is 0.136. The Kier molecular flexibility index (Phi) is 5.61. The predicted octanol–water partition coefficient (Wildman–Crippen LogP) is 2.56. The zero-order valence-corrected chi connectivity index (χ0v) is 26.6. The van der Waals surface area contributed by atoms with Gasteiger partial charge < -0.3 is 29.5 Å². The number of carbonyl (C=O) groups is 5. The minimum absolute atomic E-state index is 0.0452. The van der Waals surface area contributed by atoms with Crippen LogP contribution in [-0.2, 0) is 38.2 Å². The van der Waals surface area contributed by atoms with Gasteiger partial charge in [-0.1, -0.05) is 19.4 Å². The summed E-state index contributed by atoms with van der Waals surface area (Å²) in [5, 5.41) is 33.2. The summed E-state index contributed by atoms with van der Waals surface area (Å²) in [6, 6.07) is 0. The monoisotopic (exact) mass is 634 g/mol. The number of carboxylic acids is 1. The summed E-state index contributed by atoms with van der Waals surface area (Å²) < 4.78 is 17.5. The number of fused-ring (bicyclic) bond motifs is 7. The van der Waals surface area contributed by atoms with Gasteiger partial charge >= 0.3 is 23.9 Å². The van der Waals surface area contributed by atoms with E-state index in [4.69, 9.17) is 14.2 Å². The zero-order valence-electron chi connectivity index (χ0n) is 26.6. The predicted molar refractivity (Wildman–Crippen MR) is 156 cm³/mol. The van der Waals surface area contributed by atoms with Gasteiger partial charge in [0.1, 0.15) is 11.7 Å². The average Bonchev–Trinajstić information content (AvgIpc) is 3.91. The van der Waals surface area contributed by atoms with E-state index < -0.39 is 81.7 Å². The van der Waals surface area contributed by atoms with Gasteiger partial charge in [-0.25, -0.2) is 19.2 Å². The molecule has 8 rings (SSSR count). The van der Waals surface area contributed by atoms with Crippen molar-refractivity contribution in [2.45, 2.75) is 77.8 Å². The number of rotatable bonds is 4. The van der Waals surface area contributed by atoms with E-state index in [-0.39, 0.29) is 40.9 Å². The van der Waals surface area contributed by atoms with Gasteiger partial charge in [-0.2, -0.15) is 0 Å². The highest BCUT2D eigenvalue weighted by Crippen LogP contribution is 2.83. The fourth-order valence-electron chi connectivity index (χ4n) is 11.7. The van der Waals surface area contributed by atoms with Gasteiger partial charge in [0, 0.05) is 51.5 Å². The molecule has 1 aliphatic heterocycles. The van der Waals surface area contributed by atoms with Crippen LogP contribution < -0.4 is 0 Å². The van der Waals surface area contributed by atoms with E-state index in [1.807, 2.05) is 6.92 Å². The third-order valence-corrected chi connectivity index (χ3v) is 13.8. The molecule has 1 spiro atoms. The van der Waals surface area contributed by atoms with Crippen molar-refractivity contribution in [1.82, 2.24) is 0 Å². The molecule has 0 saturated heterocycles. The molecule has 0 radical (unpaired) electrons. The van der Waals surface area contributed by atoms with Gasteiger partial charge in [0.25, 0.3) is 0 Å². The van der Waals surface area contributed by atoms with Crippen molar-refractivity contribution in [3.05, 3.63) is 45.1 Å². The molecule has 7 aliphatic carbocycles. The van der Waals surface area contributed by atoms with E-state index in [0.717, 1.165) is 23.6 Å². The van der Waals surface area contributed by atoms with Crippen LogP contribution in [0.4, 0.5) is 0 Å². The Morgan fingerprint density at radius 3 is 2.35 bits per heavy atom. The number of carbonyl (C=O) groups excluding carboxylic acids is 4. The number of aliphatic hydroxyl groups excluding tert-OH is 1. The van der Waals surface area contributed by atoms with Crippen molar-refractivity contribution < 1.29 is 53.5 Å². The molecule has 1 heterocycles. The number of hydrogen-bond donors (Lipinski definition) is 3. The number of carboxylic acid groups (broad SMARTS) is 1. The minimum atomic E-state index is -1.92. The molecule has 5 fully saturated rings. The van der Waals surface area contributed by atoms with Crippen LogP contribution in [0.25, 0.3) is 0 Å². The van der Waals surface area contributed by atoms with Crippen LogP contribution in [0, 0.1) is 52.3 Å². The number of aliphatic hydroxyl groups is 2. The van der Waals surface area contributed by atoms with E-state index in [1.165, 1.54) is 21.0 Å². The molecular weight excluding hydrogens is 596 g/mol. The highest BCUT2D eigenvalue weighted by atomic mass is 16.7. The van der Waals surface area contributed by atoms with E-state index in [9.17, 15) is 39.3 Å². The maximum atomic E-state index is 14.3. The molecule has 0 amide bonds. The number of Topliss-reactive ketones (excluding diaryl/α,β-unsaturated/α-hetero) is 1. The Morgan fingerprint density at radius 2 is 1.70 bits per heavy atom. The zero-order chi connectivity index (χ0) is 33.2. The summed E-state index contributed by atoms with van der Waals surface area (Å²) >= 11 is 0. The number of hydrogen-bond acceptors (Lipinski definition) is 10. The molecule has 5 saturated carbocycles. The second kappa shape index (κ2) is 8.66. The van der Waals surface area contributed by atoms with Gasteiger partial charge in [0.2, 0.25) is 5.79 Å². The SMILES string of the molecule is COC(=O)/C(C)=C1\C(=O)[C@H](O)[C@]2(C)C3=C(C[C@@H]4[C@]5(OC(=O)C(C)=C5C[C@H]5[C@](O)(OC(=O)/C(C)=C/C(=O)O)[C@H]6C[C@H]6[C@]45C)[C@H]31)[C@H]1C[C@H]12. The standard InChI is InChI=1S/C35H38O11/c1-12(7-23(36)37)29(40)46-35(43)20-10-19(20)32(4)21-9-16-15-8-18(15)33(5)25(16)26(24(27(38)28(33)39)14(3)30(41)44-6)34(21)17(11-22(32)35)13(2)31(42)45-34/h7,15,18-22,26,28,39,43H,8-11H2,1-6H3,(H,36,37)/b12-7+,24-14-/t15-,18-,19-,20+,21+,22-,26+,28+,32-,33+,34+,35-/m1/s1. The highest BCUT2D eigenvalue weighted by molar-refractivity contribution is 6.09. The largest absolute Gasteiger partial charge is 0.478 e. The number of ketones is 1. The van der Waals surface area contributed by atoms with Gasteiger partial charge in [0.05, 0.1) is 13.0 Å². The van der Waals surface area contributed by atoms with Crippen LogP contribution >= 0.6 is 0 Å². The maximum Gasteiger partial charge on any atom is 0.336 e. The molecule has 0 aromatic heterocycles. The maximum absolute atomic E-state index is 14.3. The average molecular weight is 635 g/mol. The molecule has 46 heavy (non-hydrogen) atoms. The molecule has 0 unspecified atom stereocenters. The molecule has 8 aliphatic rings. The summed E-state index contributed by atoms with van der Waals surface area (Å²) in [4.78, 5) is 65.5. The third kappa shape index (κ3) is 3.10. The molecule has 12 atom stereocenters. The second-order valence-corrected chi connectivity index (χ2v) is 15.3. The summed E-state index contributed by atoms with van der Waals surface area (Å²) in [7, 11) is 1.23. The Hall–Kier alpha value is -3.57. The minimum Gasteiger partial charge on any atom is -0.478 e. The fourth-order valence-corrected chi connectivity index (χ4v) is 11.7. The lowest BCUT2D eigenvalue weighted by Crippen LogP contribution is -2.67. The number of ether oxygens (including phenoxy) is 3. The first-order valence-corrected chi connectivity index (χ1v) is 16.1. The molecule has 0 aromatic carbocycles. The molecule has 244 valence electrons. The topological polar surface area (TPSA) is 174 Å².